The van der Waals surface area contributed by atoms with Gasteiger partial charge in [0.2, 0.25) is 0 Å². The van der Waals surface area contributed by atoms with E-state index in [0.29, 0.717) is 24.7 Å². The van der Waals surface area contributed by atoms with E-state index < -0.39 is 24.4 Å². The van der Waals surface area contributed by atoms with Crippen molar-refractivity contribution in [3.63, 3.8) is 0 Å². The van der Waals surface area contributed by atoms with E-state index in [4.69, 9.17) is 18.9 Å². The van der Waals surface area contributed by atoms with Crippen LogP contribution >= 0.6 is 0 Å². The maximum absolute atomic E-state index is 11.3. The molecule has 4 aliphatic rings. The van der Waals surface area contributed by atoms with Crippen molar-refractivity contribution in [1.29, 1.82) is 0 Å². The van der Waals surface area contributed by atoms with Crippen LogP contribution in [-0.4, -0.2) is 82.7 Å². The number of ether oxygens (including phenoxy) is 4. The number of esters is 2. The maximum atomic E-state index is 11.3. The molecule has 3 N–H and O–H groups in total. The zero-order valence-electron chi connectivity index (χ0n) is 37.9. The molecule has 11 atom stereocenters. The lowest BCUT2D eigenvalue weighted by atomic mass is 9.88. The van der Waals surface area contributed by atoms with Crippen LogP contribution in [0.3, 0.4) is 0 Å². The van der Waals surface area contributed by atoms with E-state index in [1.54, 1.807) is 6.08 Å². The van der Waals surface area contributed by atoms with Crippen LogP contribution in [0.25, 0.3) is 0 Å². The molecule has 0 aromatic heterocycles. The number of aliphatic hydroxyl groups excluding tert-OH is 3. The molecule has 0 aromatic carbocycles. The molecule has 4 heterocycles. The van der Waals surface area contributed by atoms with Crippen molar-refractivity contribution in [3.8, 4) is 0 Å². The average Bonchev–Trinajstić information content (AvgIpc) is 3.21. The summed E-state index contributed by atoms with van der Waals surface area (Å²) in [5.74, 6) is 0.193. The number of carbonyl (C=O) groups is 2. The van der Waals surface area contributed by atoms with Gasteiger partial charge in [-0.2, -0.15) is 0 Å². The highest BCUT2D eigenvalue weighted by atomic mass is 16.5. The number of rotatable bonds is 17. The molecule has 4 rings (SSSR count). The first-order valence-electron chi connectivity index (χ1n) is 22.2. The molecule has 4 aliphatic heterocycles. The minimum absolute atomic E-state index is 0.0122. The average molecular weight is 843 g/mol. The summed E-state index contributed by atoms with van der Waals surface area (Å²) in [6.07, 6.45) is 38.3. The van der Waals surface area contributed by atoms with E-state index in [1.807, 2.05) is 93.7 Å². The lowest BCUT2D eigenvalue weighted by Gasteiger charge is -2.38. The molecular weight excluding hydrogens is 769 g/mol. The fourth-order valence-electron chi connectivity index (χ4n) is 7.74. The van der Waals surface area contributed by atoms with Gasteiger partial charge in [-0.05, 0) is 90.7 Å². The first kappa shape index (κ1) is 51.2. The number of cyclic esters (lactones) is 2. The molecule has 0 amide bonds. The molecule has 0 radical (unpaired) electrons. The summed E-state index contributed by atoms with van der Waals surface area (Å²) >= 11 is 0. The Morgan fingerprint density at radius 3 is 1.74 bits per heavy atom. The van der Waals surface area contributed by atoms with Crippen molar-refractivity contribution in [1.82, 2.24) is 0 Å². The number of carbonyl (C=O) groups excluding carboxylic acids is 2. The van der Waals surface area contributed by atoms with Gasteiger partial charge in [-0.3, -0.25) is 0 Å². The van der Waals surface area contributed by atoms with Crippen LogP contribution in [-0.2, 0) is 28.5 Å². The van der Waals surface area contributed by atoms with E-state index in [0.717, 1.165) is 56.3 Å². The van der Waals surface area contributed by atoms with Crippen LogP contribution in [0.15, 0.2) is 132 Å². The van der Waals surface area contributed by atoms with E-state index in [1.165, 1.54) is 23.3 Å². The van der Waals surface area contributed by atoms with Crippen LogP contribution < -0.4 is 0 Å². The van der Waals surface area contributed by atoms with E-state index in [2.05, 4.69) is 52.8 Å². The number of hydrogen-bond donors (Lipinski definition) is 3. The summed E-state index contributed by atoms with van der Waals surface area (Å²) in [7, 11) is 0. The summed E-state index contributed by atoms with van der Waals surface area (Å²) in [4.78, 5) is 22.5. The predicted octanol–water partition coefficient (Wildman–Crippen LogP) is 9.80. The minimum Gasteiger partial charge on any atom is -0.455 e. The second-order valence-corrected chi connectivity index (χ2v) is 17.1. The third kappa shape index (κ3) is 20.5. The summed E-state index contributed by atoms with van der Waals surface area (Å²) in [5.41, 5.74) is 4.76. The van der Waals surface area contributed by atoms with Gasteiger partial charge in [0.15, 0.2) is 0 Å². The molecule has 9 nitrogen and oxygen atoms in total. The normalized spacial score (nSPS) is 29.3. The van der Waals surface area contributed by atoms with Crippen molar-refractivity contribution >= 4 is 11.9 Å². The molecule has 0 spiro atoms. The second kappa shape index (κ2) is 27.7. The highest BCUT2D eigenvalue weighted by Gasteiger charge is 2.36. The third-order valence-electron chi connectivity index (χ3n) is 11.0. The Morgan fingerprint density at radius 1 is 0.770 bits per heavy atom. The van der Waals surface area contributed by atoms with Gasteiger partial charge in [0.1, 0.15) is 12.2 Å². The fraction of sp³-hybridized carbons (Fsp3) is 0.538. The van der Waals surface area contributed by atoms with Crippen molar-refractivity contribution in [2.75, 3.05) is 6.61 Å². The lowest BCUT2D eigenvalue weighted by Crippen LogP contribution is -2.46. The van der Waals surface area contributed by atoms with Gasteiger partial charge in [0, 0.05) is 43.9 Å². The van der Waals surface area contributed by atoms with E-state index >= 15 is 0 Å². The molecule has 9 heteroatoms. The van der Waals surface area contributed by atoms with E-state index in [-0.39, 0.29) is 42.3 Å². The summed E-state index contributed by atoms with van der Waals surface area (Å²) in [5, 5.41) is 31.0. The number of allylic oxidation sites excluding steroid dienone is 13. The highest BCUT2D eigenvalue weighted by molar-refractivity contribution is 5.83. The molecular formula is C52H74O9. The smallest absolute Gasteiger partial charge is 0.331 e. The van der Waals surface area contributed by atoms with Crippen molar-refractivity contribution in [2.45, 2.75) is 156 Å². The quantitative estimate of drug-likeness (QED) is 0.0744. The largest absolute Gasteiger partial charge is 0.455 e. The monoisotopic (exact) mass is 843 g/mol. The van der Waals surface area contributed by atoms with E-state index in [9.17, 15) is 24.9 Å². The van der Waals surface area contributed by atoms with Gasteiger partial charge < -0.3 is 34.3 Å². The second-order valence-electron chi connectivity index (χ2n) is 17.1. The van der Waals surface area contributed by atoms with Gasteiger partial charge in [-0.25, -0.2) is 9.59 Å². The Kier molecular flexibility index (Phi) is 23.3. The molecule has 2 saturated heterocycles. The maximum Gasteiger partial charge on any atom is 0.331 e. The van der Waals surface area contributed by atoms with Crippen molar-refractivity contribution in [3.05, 3.63) is 132 Å². The molecule has 2 fully saturated rings. The molecule has 336 valence electrons. The first-order valence-corrected chi connectivity index (χ1v) is 22.2. The first-order chi connectivity index (χ1) is 29.1. The Bertz CT molecular complexity index is 1710. The zero-order chi connectivity index (χ0) is 44.7. The number of hydrogen-bond acceptors (Lipinski definition) is 9. The van der Waals surface area contributed by atoms with Crippen molar-refractivity contribution < 1.29 is 43.9 Å². The summed E-state index contributed by atoms with van der Waals surface area (Å²) in [6, 6.07) is 0. The molecule has 0 unspecified atom stereocenters. The fourth-order valence-corrected chi connectivity index (χ4v) is 7.74. The van der Waals surface area contributed by atoms with Crippen molar-refractivity contribution in [2.24, 2.45) is 17.8 Å². The standard InChI is InChI=1S/C28H40O5.C24H34O4/c1-6-9-26-22(5)25(30)18-27(33-26)24(29)12-7-10-19(2)16-21(4)17-20(3)14-15-23-11-8-13-28(31)32-23;1-18(8-6-10-22(25)23-11-4-5-15-27-23)16-20(3)17-19(2)13-14-21-9-7-12-24(26)28-21/h6-10,12-15,17,21-27,29-30H,11,16,18H2,1-5H3;6-8,10,12-14,17,20-23,25H,4-5,9,11,15-16H2,1-3H3/b9-6+,12-7+,15-14+,19-10+,20-17-;10-6+,14-13+,18-8+,19-17-/t21-,22-,23+,24+,25+,26-,27-;20-,21-,22+,23-/m11/s1. The van der Waals surface area contributed by atoms with Crippen LogP contribution in [0.5, 0.6) is 0 Å². The Hall–Kier alpha value is -4.12. The van der Waals surface area contributed by atoms with Crippen LogP contribution in [0.4, 0.5) is 0 Å². The highest BCUT2D eigenvalue weighted by Crippen LogP contribution is 2.28. The van der Waals surface area contributed by atoms with Gasteiger partial charge in [-0.1, -0.05) is 128 Å². The van der Waals surface area contributed by atoms with Gasteiger partial charge in [-0.15, -0.1) is 0 Å². The Morgan fingerprint density at radius 2 is 1.28 bits per heavy atom. The summed E-state index contributed by atoms with van der Waals surface area (Å²) in [6.45, 7) is 17.3. The molecule has 0 aliphatic carbocycles. The van der Waals surface area contributed by atoms with Crippen LogP contribution in [0, 0.1) is 17.8 Å². The zero-order valence-corrected chi connectivity index (χ0v) is 37.9. The lowest BCUT2D eigenvalue weighted by molar-refractivity contribution is -0.142. The molecule has 0 aromatic rings. The van der Waals surface area contributed by atoms with Gasteiger partial charge >= 0.3 is 11.9 Å². The van der Waals surface area contributed by atoms with Gasteiger partial charge in [0.05, 0.1) is 36.6 Å². The SMILES string of the molecule is C/C=C/[C@H]1O[C@@H]([C@@H](O)/C=C/C=C(\C)C[C@@H](C)/C=C(C)\C=C\[C@@H]2CC=CC(=O)O2)C[C@H](O)[C@H]1C.CC(=C/[C@H](C)C/C(C)=C/C=C/[C@H](O)[C@H]1CCCCO1)/C=C/[C@H]1CC=CC(=O)O1. The molecule has 61 heavy (non-hydrogen) atoms. The third-order valence-corrected chi connectivity index (χ3v) is 11.0. The Labute approximate surface area is 366 Å². The molecule has 0 bridgehead atoms. The van der Waals surface area contributed by atoms with Crippen LogP contribution in [0.2, 0.25) is 0 Å². The van der Waals surface area contributed by atoms with Crippen LogP contribution in [0.1, 0.15) is 107 Å². The molecule has 0 saturated carbocycles. The van der Waals surface area contributed by atoms with Gasteiger partial charge in [0.25, 0.3) is 0 Å². The number of aliphatic hydroxyl groups is 3. The summed E-state index contributed by atoms with van der Waals surface area (Å²) < 4.78 is 22.1. The Balaban J connectivity index is 0.000000330. The topological polar surface area (TPSA) is 132 Å². The predicted molar refractivity (Wildman–Crippen MR) is 245 cm³/mol. The minimum atomic E-state index is -0.766.